The van der Waals surface area contributed by atoms with Crippen LogP contribution in [0.3, 0.4) is 0 Å². The molecule has 88 heavy (non-hydrogen) atoms. The number of hydrogen-bond acceptors (Lipinski definition) is 18. The Morgan fingerprint density at radius 2 is 0.648 bits per heavy atom. The number of aliphatic hydroxyl groups is 11. The highest BCUT2D eigenvalue weighted by molar-refractivity contribution is 5.76. The van der Waals surface area contributed by atoms with E-state index in [1.807, 2.05) is 0 Å². The first-order valence-corrected chi connectivity index (χ1v) is 36.3. The number of amides is 1. The van der Waals surface area contributed by atoms with E-state index in [0.717, 1.165) is 44.9 Å². The zero-order chi connectivity index (χ0) is 64.0. The summed E-state index contributed by atoms with van der Waals surface area (Å²) in [7, 11) is 0. The smallest absolute Gasteiger partial charge is 0.220 e. The van der Waals surface area contributed by atoms with Gasteiger partial charge in [-0.1, -0.05) is 284 Å². The standard InChI is InChI=1S/C69H133NO18/c1-3-5-7-9-11-13-15-17-19-21-23-25-27-29-31-33-35-37-39-41-43-45-47-57(75)70-52(53(74)46-44-42-40-38-36-34-32-30-28-26-24-22-20-18-16-14-12-10-8-6-4-2)51-83-67-63(81)60(78)65(55(49-72)85-67)88-69-64(82)61(79)66(56(50-73)86-69)87-68-62(80)59(77)58(76)54(48-71)84-68/h52-56,58-69,71-74,76-82H,3-51H2,1-2H3,(H,70,75). The van der Waals surface area contributed by atoms with E-state index in [1.54, 1.807) is 0 Å². The fourth-order valence-electron chi connectivity index (χ4n) is 12.8. The Kier molecular flexibility index (Phi) is 48.0. The van der Waals surface area contributed by atoms with Crippen LogP contribution >= 0.6 is 0 Å². The van der Waals surface area contributed by atoms with Crippen LogP contribution in [0.1, 0.15) is 303 Å². The van der Waals surface area contributed by atoms with Gasteiger partial charge in [-0.25, -0.2) is 0 Å². The quantitative estimate of drug-likeness (QED) is 0.0252. The summed E-state index contributed by atoms with van der Waals surface area (Å²) in [5.41, 5.74) is 0. The van der Waals surface area contributed by atoms with Crippen molar-refractivity contribution in [3.05, 3.63) is 0 Å². The van der Waals surface area contributed by atoms with Crippen molar-refractivity contribution in [2.45, 2.75) is 407 Å². The van der Waals surface area contributed by atoms with E-state index in [0.29, 0.717) is 12.8 Å². The topological polar surface area (TPSA) is 307 Å². The molecule has 0 aromatic rings. The summed E-state index contributed by atoms with van der Waals surface area (Å²) in [4.78, 5) is 13.4. The summed E-state index contributed by atoms with van der Waals surface area (Å²) >= 11 is 0. The van der Waals surface area contributed by atoms with Gasteiger partial charge in [0.1, 0.15) is 73.2 Å². The fourth-order valence-corrected chi connectivity index (χ4v) is 12.8. The number of ether oxygens (including phenoxy) is 6. The highest BCUT2D eigenvalue weighted by atomic mass is 16.8. The number of carbonyl (C=O) groups is 1. The Morgan fingerprint density at radius 1 is 0.364 bits per heavy atom. The van der Waals surface area contributed by atoms with Crippen LogP contribution in [-0.4, -0.2) is 193 Å². The van der Waals surface area contributed by atoms with Crippen molar-refractivity contribution < 1.29 is 89.4 Å². The number of aliphatic hydroxyl groups excluding tert-OH is 11. The van der Waals surface area contributed by atoms with Gasteiger partial charge in [0.25, 0.3) is 0 Å². The molecule has 0 bridgehead atoms. The predicted octanol–water partition coefficient (Wildman–Crippen LogP) is 9.89. The molecule has 1 amide bonds. The van der Waals surface area contributed by atoms with Crippen LogP contribution in [0.25, 0.3) is 0 Å². The van der Waals surface area contributed by atoms with Crippen LogP contribution in [0.4, 0.5) is 0 Å². The first-order valence-electron chi connectivity index (χ1n) is 36.3. The van der Waals surface area contributed by atoms with Crippen LogP contribution in [0.15, 0.2) is 0 Å². The predicted molar refractivity (Wildman–Crippen MR) is 342 cm³/mol. The van der Waals surface area contributed by atoms with Gasteiger partial charge in [0.05, 0.1) is 38.6 Å². The molecule has 19 nitrogen and oxygen atoms in total. The molecule has 3 heterocycles. The van der Waals surface area contributed by atoms with Gasteiger partial charge in [-0.15, -0.1) is 0 Å². The Bertz CT molecular complexity index is 1600. The second kappa shape index (κ2) is 52.1. The van der Waals surface area contributed by atoms with E-state index in [9.17, 15) is 61.0 Å². The van der Waals surface area contributed by atoms with Crippen molar-refractivity contribution in [3.8, 4) is 0 Å². The summed E-state index contributed by atoms with van der Waals surface area (Å²) in [5.74, 6) is -0.235. The summed E-state index contributed by atoms with van der Waals surface area (Å²) in [6.07, 6.45) is 28.9. The monoisotopic (exact) mass is 1260 g/mol. The van der Waals surface area contributed by atoms with Gasteiger partial charge >= 0.3 is 0 Å². The SMILES string of the molecule is CCCCCCCCCCCCCCCCCCCCCCCCC(=O)NC(COC1OC(CO)C(OC2OC(CO)C(OC3OC(CO)C(O)C(O)C3O)C(O)C2O)C(O)C1O)C(O)CCCCCCCCCCCCCCCCCCCCCCC. The molecule has 12 N–H and O–H groups in total. The molecule has 17 unspecified atom stereocenters. The lowest BCUT2D eigenvalue weighted by atomic mass is 9.96. The van der Waals surface area contributed by atoms with Crippen LogP contribution < -0.4 is 5.32 Å². The second-order valence-electron chi connectivity index (χ2n) is 26.4. The van der Waals surface area contributed by atoms with E-state index >= 15 is 0 Å². The first kappa shape index (κ1) is 81.0. The van der Waals surface area contributed by atoms with Crippen molar-refractivity contribution in [2.24, 2.45) is 0 Å². The van der Waals surface area contributed by atoms with E-state index < -0.39 is 124 Å². The molecule has 0 saturated carbocycles. The third-order valence-corrected chi connectivity index (χ3v) is 18.7. The number of carbonyl (C=O) groups excluding carboxylic acids is 1. The lowest BCUT2D eigenvalue weighted by molar-refractivity contribution is -0.379. The summed E-state index contributed by atoms with van der Waals surface area (Å²) in [6, 6.07) is -0.882. The van der Waals surface area contributed by atoms with Crippen LogP contribution in [0.2, 0.25) is 0 Å². The van der Waals surface area contributed by atoms with Gasteiger partial charge in [-0.05, 0) is 12.8 Å². The van der Waals surface area contributed by atoms with E-state index in [1.165, 1.54) is 225 Å². The normalized spacial score (nSPS) is 28.3. The second-order valence-corrected chi connectivity index (χ2v) is 26.4. The molecule has 3 aliphatic heterocycles. The van der Waals surface area contributed by atoms with Gasteiger partial charge in [0.2, 0.25) is 5.91 Å². The van der Waals surface area contributed by atoms with Crippen molar-refractivity contribution >= 4 is 5.91 Å². The lowest BCUT2D eigenvalue weighted by Crippen LogP contribution is -2.66. The Hall–Kier alpha value is -1.21. The Labute approximate surface area is 532 Å². The molecular formula is C69H133NO18. The largest absolute Gasteiger partial charge is 0.394 e. The maximum atomic E-state index is 13.4. The Balaban J connectivity index is 1.42. The third kappa shape index (κ3) is 33.8. The van der Waals surface area contributed by atoms with E-state index in [2.05, 4.69) is 19.2 Å². The minimum atomic E-state index is -1.97. The molecule has 3 fully saturated rings. The van der Waals surface area contributed by atoms with Crippen molar-refractivity contribution in [2.75, 3.05) is 26.4 Å². The average Bonchev–Trinajstić information content (AvgIpc) is 3.70. The van der Waals surface area contributed by atoms with Crippen molar-refractivity contribution in [1.29, 1.82) is 0 Å². The Morgan fingerprint density at radius 3 is 0.989 bits per heavy atom. The van der Waals surface area contributed by atoms with Crippen LogP contribution in [0, 0.1) is 0 Å². The van der Waals surface area contributed by atoms with Crippen LogP contribution in [-0.2, 0) is 33.2 Å². The fraction of sp³-hybridized carbons (Fsp3) is 0.986. The molecule has 3 saturated heterocycles. The summed E-state index contributed by atoms with van der Waals surface area (Å²) in [6.45, 7) is 1.85. The van der Waals surface area contributed by atoms with Crippen molar-refractivity contribution in [1.82, 2.24) is 5.32 Å². The van der Waals surface area contributed by atoms with Gasteiger partial charge < -0.3 is 89.9 Å². The average molecular weight is 1260 g/mol. The maximum absolute atomic E-state index is 13.4. The maximum Gasteiger partial charge on any atom is 0.220 e. The van der Waals surface area contributed by atoms with Crippen molar-refractivity contribution in [3.63, 3.8) is 0 Å². The molecule has 19 heteroatoms. The molecule has 0 radical (unpaired) electrons. The van der Waals surface area contributed by atoms with E-state index in [4.69, 9.17) is 28.4 Å². The highest BCUT2D eigenvalue weighted by Gasteiger charge is 2.53. The lowest BCUT2D eigenvalue weighted by Gasteiger charge is -2.48. The van der Waals surface area contributed by atoms with Gasteiger partial charge in [-0.2, -0.15) is 0 Å². The van der Waals surface area contributed by atoms with Crippen LogP contribution in [0.5, 0.6) is 0 Å². The summed E-state index contributed by atoms with van der Waals surface area (Å²) < 4.78 is 34.5. The zero-order valence-corrected chi connectivity index (χ0v) is 55.2. The van der Waals surface area contributed by atoms with Gasteiger partial charge in [0, 0.05) is 6.42 Å². The molecule has 0 spiro atoms. The third-order valence-electron chi connectivity index (χ3n) is 18.7. The van der Waals surface area contributed by atoms with Gasteiger partial charge in [-0.3, -0.25) is 4.79 Å². The molecule has 3 aliphatic rings. The minimum Gasteiger partial charge on any atom is -0.394 e. The molecule has 0 aliphatic carbocycles. The number of nitrogens with one attached hydrogen (secondary N) is 1. The highest BCUT2D eigenvalue weighted by Crippen LogP contribution is 2.33. The molecule has 17 atom stereocenters. The minimum absolute atomic E-state index is 0.235. The number of rotatable bonds is 57. The molecule has 0 aromatic heterocycles. The molecule has 0 aromatic carbocycles. The molecular weight excluding hydrogens is 1130 g/mol. The molecule has 3 rings (SSSR count). The number of hydrogen-bond donors (Lipinski definition) is 12. The summed E-state index contributed by atoms with van der Waals surface area (Å²) in [5, 5.41) is 121. The zero-order valence-electron chi connectivity index (χ0n) is 55.2. The van der Waals surface area contributed by atoms with E-state index in [-0.39, 0.29) is 18.9 Å². The number of unbranched alkanes of at least 4 members (excludes halogenated alkanes) is 41. The molecule has 522 valence electrons. The van der Waals surface area contributed by atoms with Gasteiger partial charge in [0.15, 0.2) is 18.9 Å². The first-order chi connectivity index (χ1) is 42.8.